The van der Waals surface area contributed by atoms with Gasteiger partial charge in [-0.05, 0) is 55.8 Å². The average molecular weight is 271 g/mol. The SMILES string of the molecule is CCCNC1CCC(c2ccc(C(F)(F)F)cc2)C1. The van der Waals surface area contributed by atoms with Gasteiger partial charge in [0.1, 0.15) is 0 Å². The normalized spacial score (nSPS) is 23.8. The fourth-order valence-corrected chi connectivity index (χ4v) is 2.76. The molecule has 19 heavy (non-hydrogen) atoms. The zero-order valence-electron chi connectivity index (χ0n) is 11.1. The van der Waals surface area contributed by atoms with E-state index in [-0.39, 0.29) is 0 Å². The summed E-state index contributed by atoms with van der Waals surface area (Å²) in [7, 11) is 0. The van der Waals surface area contributed by atoms with Crippen LogP contribution in [0, 0.1) is 0 Å². The van der Waals surface area contributed by atoms with Gasteiger partial charge in [0.2, 0.25) is 0 Å². The first-order chi connectivity index (χ1) is 9.00. The zero-order valence-corrected chi connectivity index (χ0v) is 11.1. The van der Waals surface area contributed by atoms with Crippen molar-refractivity contribution in [3.8, 4) is 0 Å². The first-order valence-corrected chi connectivity index (χ1v) is 6.91. The Morgan fingerprint density at radius 1 is 1.16 bits per heavy atom. The second-order valence-corrected chi connectivity index (χ2v) is 5.28. The van der Waals surface area contributed by atoms with Gasteiger partial charge in [-0.25, -0.2) is 0 Å². The molecule has 0 saturated heterocycles. The van der Waals surface area contributed by atoms with Crippen molar-refractivity contribution in [3.63, 3.8) is 0 Å². The largest absolute Gasteiger partial charge is 0.416 e. The summed E-state index contributed by atoms with van der Waals surface area (Å²) in [5.41, 5.74) is 0.476. The molecule has 0 aromatic heterocycles. The number of nitrogens with one attached hydrogen (secondary N) is 1. The van der Waals surface area contributed by atoms with Crippen molar-refractivity contribution < 1.29 is 13.2 Å². The van der Waals surface area contributed by atoms with Crippen LogP contribution in [-0.4, -0.2) is 12.6 Å². The maximum atomic E-state index is 12.5. The molecule has 106 valence electrons. The lowest BCUT2D eigenvalue weighted by atomic mass is 9.96. The van der Waals surface area contributed by atoms with Crippen molar-refractivity contribution in [1.82, 2.24) is 5.32 Å². The van der Waals surface area contributed by atoms with Gasteiger partial charge in [-0.15, -0.1) is 0 Å². The predicted octanol–water partition coefficient (Wildman–Crippen LogP) is 4.34. The van der Waals surface area contributed by atoms with Crippen molar-refractivity contribution >= 4 is 0 Å². The summed E-state index contributed by atoms with van der Waals surface area (Å²) in [4.78, 5) is 0. The Hall–Kier alpha value is -1.03. The molecular formula is C15H20F3N. The Labute approximate surface area is 112 Å². The van der Waals surface area contributed by atoms with Crippen molar-refractivity contribution in [2.24, 2.45) is 0 Å². The summed E-state index contributed by atoms with van der Waals surface area (Å²) < 4.78 is 37.5. The van der Waals surface area contributed by atoms with E-state index < -0.39 is 11.7 Å². The van der Waals surface area contributed by atoms with Crippen molar-refractivity contribution in [1.29, 1.82) is 0 Å². The molecule has 0 aliphatic heterocycles. The highest BCUT2D eigenvalue weighted by atomic mass is 19.4. The predicted molar refractivity (Wildman–Crippen MR) is 70.1 cm³/mol. The van der Waals surface area contributed by atoms with E-state index >= 15 is 0 Å². The lowest BCUT2D eigenvalue weighted by Gasteiger charge is -2.14. The van der Waals surface area contributed by atoms with E-state index in [0.29, 0.717) is 12.0 Å². The first kappa shape index (κ1) is 14.4. The molecule has 1 aromatic carbocycles. The topological polar surface area (TPSA) is 12.0 Å². The molecule has 2 atom stereocenters. The molecule has 0 radical (unpaired) electrons. The molecule has 1 saturated carbocycles. The van der Waals surface area contributed by atoms with E-state index in [4.69, 9.17) is 0 Å². The smallest absolute Gasteiger partial charge is 0.314 e. The Balaban J connectivity index is 1.96. The monoisotopic (exact) mass is 271 g/mol. The standard InChI is InChI=1S/C15H20F3N/c1-2-9-19-14-8-5-12(10-14)11-3-6-13(7-4-11)15(16,17)18/h3-4,6-7,12,14,19H,2,5,8-10H2,1H3. The number of benzene rings is 1. The minimum atomic E-state index is -4.24. The van der Waals surface area contributed by atoms with Gasteiger partial charge in [0, 0.05) is 6.04 Å². The van der Waals surface area contributed by atoms with E-state index in [1.54, 1.807) is 12.1 Å². The number of hydrogen-bond donors (Lipinski definition) is 1. The van der Waals surface area contributed by atoms with Crippen LogP contribution in [0.3, 0.4) is 0 Å². The first-order valence-electron chi connectivity index (χ1n) is 6.91. The van der Waals surface area contributed by atoms with Crippen LogP contribution in [0.15, 0.2) is 24.3 Å². The molecule has 2 rings (SSSR count). The lowest BCUT2D eigenvalue weighted by Crippen LogP contribution is -2.26. The summed E-state index contributed by atoms with van der Waals surface area (Å²) in [5, 5.41) is 3.49. The Kier molecular flexibility index (Phi) is 4.50. The summed E-state index contributed by atoms with van der Waals surface area (Å²) >= 11 is 0. The van der Waals surface area contributed by atoms with Crippen LogP contribution in [0.4, 0.5) is 13.2 Å². The fourth-order valence-electron chi connectivity index (χ4n) is 2.76. The fraction of sp³-hybridized carbons (Fsp3) is 0.600. The minimum Gasteiger partial charge on any atom is -0.314 e. The number of alkyl halides is 3. The van der Waals surface area contributed by atoms with Crippen molar-refractivity contribution in [2.45, 2.75) is 50.7 Å². The third-order valence-corrected chi connectivity index (χ3v) is 3.83. The minimum absolute atomic E-state index is 0.400. The molecule has 0 amide bonds. The number of rotatable bonds is 4. The van der Waals surface area contributed by atoms with E-state index in [1.807, 2.05) is 0 Å². The molecule has 1 aromatic rings. The number of halogens is 3. The Bertz CT molecular complexity index is 397. The highest BCUT2D eigenvalue weighted by Crippen LogP contribution is 2.36. The van der Waals surface area contributed by atoms with Gasteiger partial charge < -0.3 is 5.32 Å². The summed E-state index contributed by atoms with van der Waals surface area (Å²) in [6.45, 7) is 3.15. The molecule has 0 bridgehead atoms. The number of hydrogen-bond acceptors (Lipinski definition) is 1. The van der Waals surface area contributed by atoms with Gasteiger partial charge in [-0.2, -0.15) is 13.2 Å². The molecule has 1 N–H and O–H groups in total. The molecule has 0 spiro atoms. The Morgan fingerprint density at radius 2 is 1.84 bits per heavy atom. The molecule has 0 heterocycles. The van der Waals surface area contributed by atoms with E-state index in [2.05, 4.69) is 12.2 Å². The summed E-state index contributed by atoms with van der Waals surface area (Å²) in [5.74, 6) is 0.400. The van der Waals surface area contributed by atoms with Gasteiger partial charge in [-0.1, -0.05) is 19.1 Å². The van der Waals surface area contributed by atoms with Crippen LogP contribution in [0.2, 0.25) is 0 Å². The third-order valence-electron chi connectivity index (χ3n) is 3.83. The summed E-state index contributed by atoms with van der Waals surface area (Å²) in [6, 6.07) is 6.18. The molecule has 4 heteroatoms. The van der Waals surface area contributed by atoms with Crippen molar-refractivity contribution in [2.75, 3.05) is 6.54 Å². The van der Waals surface area contributed by atoms with Gasteiger partial charge >= 0.3 is 6.18 Å². The van der Waals surface area contributed by atoms with Crippen LogP contribution in [0.5, 0.6) is 0 Å². The van der Waals surface area contributed by atoms with Gasteiger partial charge in [0.05, 0.1) is 5.56 Å². The lowest BCUT2D eigenvalue weighted by molar-refractivity contribution is -0.137. The quantitative estimate of drug-likeness (QED) is 0.859. The maximum absolute atomic E-state index is 12.5. The molecule has 1 aliphatic rings. The molecule has 1 nitrogen and oxygen atoms in total. The van der Waals surface area contributed by atoms with Crippen LogP contribution in [0.1, 0.15) is 49.7 Å². The van der Waals surface area contributed by atoms with Crippen LogP contribution >= 0.6 is 0 Å². The average Bonchev–Trinajstić information content (AvgIpc) is 2.84. The maximum Gasteiger partial charge on any atom is 0.416 e. The second kappa shape index (κ2) is 5.95. The van der Waals surface area contributed by atoms with Gasteiger partial charge in [0.15, 0.2) is 0 Å². The third kappa shape index (κ3) is 3.72. The van der Waals surface area contributed by atoms with Gasteiger partial charge in [-0.3, -0.25) is 0 Å². The van der Waals surface area contributed by atoms with Gasteiger partial charge in [0.25, 0.3) is 0 Å². The van der Waals surface area contributed by atoms with E-state index in [1.165, 1.54) is 12.1 Å². The molecule has 1 aliphatic carbocycles. The van der Waals surface area contributed by atoms with Crippen LogP contribution in [-0.2, 0) is 6.18 Å². The highest BCUT2D eigenvalue weighted by molar-refractivity contribution is 5.28. The van der Waals surface area contributed by atoms with Crippen LogP contribution < -0.4 is 5.32 Å². The second-order valence-electron chi connectivity index (χ2n) is 5.28. The highest BCUT2D eigenvalue weighted by Gasteiger charge is 2.31. The van der Waals surface area contributed by atoms with Crippen molar-refractivity contribution in [3.05, 3.63) is 35.4 Å². The zero-order chi connectivity index (χ0) is 13.9. The van der Waals surface area contributed by atoms with Crippen LogP contribution in [0.25, 0.3) is 0 Å². The summed E-state index contributed by atoms with van der Waals surface area (Å²) in [6.07, 6.45) is 0.0880. The Morgan fingerprint density at radius 3 is 2.42 bits per heavy atom. The molecule has 1 fully saturated rings. The van der Waals surface area contributed by atoms with E-state index in [9.17, 15) is 13.2 Å². The van der Waals surface area contributed by atoms with E-state index in [0.717, 1.165) is 37.8 Å². The molecule has 2 unspecified atom stereocenters. The molecular weight excluding hydrogens is 251 g/mol.